The molecule has 1 N–H and O–H groups in total. The highest BCUT2D eigenvalue weighted by Crippen LogP contribution is 2.34. The molecule has 0 radical (unpaired) electrons. The van der Waals surface area contributed by atoms with Gasteiger partial charge in [-0.25, -0.2) is 4.90 Å². The van der Waals surface area contributed by atoms with E-state index in [2.05, 4.69) is 9.97 Å². The van der Waals surface area contributed by atoms with Crippen molar-refractivity contribution in [1.82, 2.24) is 9.97 Å². The maximum absolute atomic E-state index is 13.4. The predicted octanol–water partition coefficient (Wildman–Crippen LogP) is 4.14. The number of carbonyl (C=O) groups is 1. The van der Waals surface area contributed by atoms with Gasteiger partial charge in [0.2, 0.25) is 17.7 Å². The summed E-state index contributed by atoms with van der Waals surface area (Å²) in [4.78, 5) is 23.2. The Bertz CT molecular complexity index is 1000. The lowest BCUT2D eigenvalue weighted by Crippen LogP contribution is -2.28. The third-order valence-electron chi connectivity index (χ3n) is 4.10. The van der Waals surface area contributed by atoms with E-state index < -0.39 is 5.91 Å². The smallest absolute Gasteiger partial charge is 0.269 e. The molecule has 1 amide bonds. The molecular weight excluding hydrogens is 382 g/mol. The number of benzene rings is 2. The largest absolute Gasteiger partial charge is 0.507 e. The molecule has 2 aromatic carbocycles. The number of hydrogen-bond acceptors (Lipinski definition) is 6. The highest BCUT2D eigenvalue weighted by molar-refractivity contribution is 6.32. The van der Waals surface area contributed by atoms with Gasteiger partial charge in [-0.05, 0) is 36.8 Å². The lowest BCUT2D eigenvalue weighted by molar-refractivity contribution is 0.0995. The number of aromatic hydroxyl groups is 1. The number of aromatic nitrogens is 2. The molecule has 0 atom stereocenters. The second kappa shape index (κ2) is 8.14. The highest BCUT2D eigenvalue weighted by atomic mass is 35.5. The van der Waals surface area contributed by atoms with Gasteiger partial charge in [0.1, 0.15) is 5.75 Å². The van der Waals surface area contributed by atoms with Crippen molar-refractivity contribution >= 4 is 29.1 Å². The molecule has 0 saturated carbocycles. The fourth-order valence-electron chi connectivity index (χ4n) is 2.62. The van der Waals surface area contributed by atoms with Crippen molar-refractivity contribution in [3.05, 3.63) is 64.7 Å². The van der Waals surface area contributed by atoms with Gasteiger partial charge in [0.15, 0.2) is 0 Å². The minimum atomic E-state index is -0.529. The normalized spacial score (nSPS) is 10.4. The van der Waals surface area contributed by atoms with E-state index in [0.717, 1.165) is 0 Å². The first-order valence-electron chi connectivity index (χ1n) is 8.31. The molecule has 144 valence electrons. The summed E-state index contributed by atoms with van der Waals surface area (Å²) in [5.41, 5.74) is 1.21. The Morgan fingerprint density at radius 1 is 1.04 bits per heavy atom. The number of carbonyl (C=O) groups excluding carboxylic acids is 1. The van der Waals surface area contributed by atoms with Gasteiger partial charge in [-0.3, -0.25) is 4.79 Å². The van der Waals surface area contributed by atoms with Crippen LogP contribution in [0, 0.1) is 6.92 Å². The molecule has 8 heteroatoms. The Morgan fingerprint density at radius 3 is 2.29 bits per heavy atom. The Kier molecular flexibility index (Phi) is 5.65. The maximum atomic E-state index is 13.4. The fourth-order valence-corrected chi connectivity index (χ4v) is 2.79. The van der Waals surface area contributed by atoms with Crippen LogP contribution in [0.5, 0.6) is 17.5 Å². The lowest BCUT2D eigenvalue weighted by Gasteiger charge is -2.24. The molecule has 0 aliphatic rings. The topological polar surface area (TPSA) is 84.8 Å². The molecule has 0 aliphatic heterocycles. The number of methoxy groups -OCH3 is 2. The maximum Gasteiger partial charge on any atom is 0.269 e. The van der Waals surface area contributed by atoms with Gasteiger partial charge in [0.05, 0.1) is 31.5 Å². The Balaban J connectivity index is 2.25. The highest BCUT2D eigenvalue weighted by Gasteiger charge is 2.27. The van der Waals surface area contributed by atoms with Crippen LogP contribution in [0.25, 0.3) is 0 Å². The number of nitrogens with zero attached hydrogens (tertiary/aromatic N) is 3. The molecule has 1 heterocycles. The SMILES string of the molecule is COc1cc(OC)nc(N(C(=O)c2ccccc2O)c2cccc(Cl)c2C)n1. The second-order valence-electron chi connectivity index (χ2n) is 5.79. The summed E-state index contributed by atoms with van der Waals surface area (Å²) in [5.74, 6) is -0.228. The van der Waals surface area contributed by atoms with Crippen LogP contribution in [-0.4, -0.2) is 35.2 Å². The number of phenols is 1. The van der Waals surface area contributed by atoms with E-state index in [1.165, 1.54) is 37.3 Å². The van der Waals surface area contributed by atoms with Crippen LogP contribution < -0.4 is 14.4 Å². The van der Waals surface area contributed by atoms with Crippen LogP contribution in [0.3, 0.4) is 0 Å². The van der Waals surface area contributed by atoms with Crippen molar-refractivity contribution in [3.8, 4) is 17.5 Å². The first-order valence-corrected chi connectivity index (χ1v) is 8.68. The molecular formula is C20H18ClN3O4. The number of halogens is 1. The van der Waals surface area contributed by atoms with E-state index in [1.54, 1.807) is 37.3 Å². The van der Waals surface area contributed by atoms with Crippen LogP contribution in [0.15, 0.2) is 48.5 Å². The molecule has 0 spiro atoms. The molecule has 0 unspecified atom stereocenters. The zero-order valence-corrected chi connectivity index (χ0v) is 16.3. The number of ether oxygens (including phenoxy) is 2. The van der Waals surface area contributed by atoms with Gasteiger partial charge in [-0.15, -0.1) is 0 Å². The molecule has 7 nitrogen and oxygen atoms in total. The Morgan fingerprint density at radius 2 is 1.68 bits per heavy atom. The zero-order valence-electron chi connectivity index (χ0n) is 15.5. The number of amides is 1. The Hall–Kier alpha value is -3.32. The van der Waals surface area contributed by atoms with Gasteiger partial charge < -0.3 is 14.6 Å². The summed E-state index contributed by atoms with van der Waals surface area (Å²) in [6.45, 7) is 1.78. The minimum Gasteiger partial charge on any atom is -0.507 e. The van der Waals surface area contributed by atoms with Gasteiger partial charge in [-0.2, -0.15) is 9.97 Å². The van der Waals surface area contributed by atoms with Crippen LogP contribution in [-0.2, 0) is 0 Å². The summed E-state index contributed by atoms with van der Waals surface area (Å²) < 4.78 is 10.4. The Labute approximate surface area is 167 Å². The quantitative estimate of drug-likeness (QED) is 0.694. The number of anilines is 2. The zero-order chi connectivity index (χ0) is 20.3. The molecule has 3 aromatic rings. The van der Waals surface area contributed by atoms with Gasteiger partial charge in [0.25, 0.3) is 5.91 Å². The monoisotopic (exact) mass is 399 g/mol. The molecule has 1 aromatic heterocycles. The van der Waals surface area contributed by atoms with Gasteiger partial charge in [-0.1, -0.05) is 29.8 Å². The summed E-state index contributed by atoms with van der Waals surface area (Å²) >= 11 is 6.27. The second-order valence-corrected chi connectivity index (χ2v) is 6.20. The molecule has 0 aliphatic carbocycles. The standard InChI is InChI=1S/C20H18ClN3O4/c1-12-14(21)8-6-9-15(12)24(19(26)13-7-4-5-10-16(13)25)20-22-17(27-2)11-18(23-20)28-3/h4-11,25H,1-3H3. The van der Waals surface area contributed by atoms with Crippen LogP contribution >= 0.6 is 11.6 Å². The molecule has 3 rings (SSSR count). The van der Waals surface area contributed by atoms with E-state index in [1.807, 2.05) is 0 Å². The first-order chi connectivity index (χ1) is 13.5. The third kappa shape index (κ3) is 3.70. The number of hydrogen-bond donors (Lipinski definition) is 1. The van der Waals surface area contributed by atoms with Crippen LogP contribution in [0.2, 0.25) is 5.02 Å². The molecule has 0 saturated heterocycles. The summed E-state index contributed by atoms with van der Waals surface area (Å²) in [6, 6.07) is 12.9. The lowest BCUT2D eigenvalue weighted by atomic mass is 10.1. The molecule has 0 fully saturated rings. The van der Waals surface area contributed by atoms with E-state index in [9.17, 15) is 9.90 Å². The van der Waals surface area contributed by atoms with E-state index in [0.29, 0.717) is 16.3 Å². The van der Waals surface area contributed by atoms with Crippen LogP contribution in [0.4, 0.5) is 11.6 Å². The molecule has 28 heavy (non-hydrogen) atoms. The van der Waals surface area contributed by atoms with Crippen molar-refractivity contribution < 1.29 is 19.4 Å². The first kappa shape index (κ1) is 19.4. The predicted molar refractivity (Wildman–Crippen MR) is 106 cm³/mol. The van der Waals surface area contributed by atoms with E-state index in [4.69, 9.17) is 21.1 Å². The third-order valence-corrected chi connectivity index (χ3v) is 4.51. The number of phenolic OH excluding ortho intramolecular Hbond substituents is 1. The number of rotatable bonds is 5. The summed E-state index contributed by atoms with van der Waals surface area (Å²) in [5, 5.41) is 10.7. The van der Waals surface area contributed by atoms with Crippen molar-refractivity contribution in [3.63, 3.8) is 0 Å². The average Bonchev–Trinajstić information content (AvgIpc) is 2.71. The summed E-state index contributed by atoms with van der Waals surface area (Å²) in [7, 11) is 2.90. The van der Waals surface area contributed by atoms with Gasteiger partial charge in [0, 0.05) is 5.02 Å². The fraction of sp³-hybridized carbons (Fsp3) is 0.150. The number of para-hydroxylation sites is 1. The average molecular weight is 400 g/mol. The van der Waals surface area contributed by atoms with Crippen molar-refractivity contribution in [2.24, 2.45) is 0 Å². The van der Waals surface area contributed by atoms with Gasteiger partial charge >= 0.3 is 0 Å². The van der Waals surface area contributed by atoms with Crippen molar-refractivity contribution in [1.29, 1.82) is 0 Å². The molecule has 0 bridgehead atoms. The van der Waals surface area contributed by atoms with Crippen molar-refractivity contribution in [2.75, 3.05) is 19.1 Å². The summed E-state index contributed by atoms with van der Waals surface area (Å²) in [6.07, 6.45) is 0. The van der Waals surface area contributed by atoms with Crippen LogP contribution in [0.1, 0.15) is 15.9 Å². The van der Waals surface area contributed by atoms with E-state index in [-0.39, 0.29) is 29.0 Å². The van der Waals surface area contributed by atoms with E-state index >= 15 is 0 Å². The minimum absolute atomic E-state index is 0.0230. The van der Waals surface area contributed by atoms with Crippen molar-refractivity contribution in [2.45, 2.75) is 6.92 Å².